The highest BCUT2D eigenvalue weighted by atomic mass is 32.3. The van der Waals surface area contributed by atoms with Gasteiger partial charge >= 0.3 is 10.2 Å². The maximum absolute atomic E-state index is 12.1. The first-order chi connectivity index (χ1) is 5.00. The number of hydrogen-bond acceptors (Lipinski definition) is 4. The Kier molecular flexibility index (Phi) is 1.81. The summed E-state index contributed by atoms with van der Waals surface area (Å²) in [6, 6.07) is 0. The van der Waals surface area contributed by atoms with E-state index in [1.165, 1.54) is 0 Å². The standard InChI is InChI=1S/C4H2F2N2O2S/c5-3-1-7-2-4(8-3)11(6,9)10/h1-2H. The maximum Gasteiger partial charge on any atom is 0.351 e. The van der Waals surface area contributed by atoms with Crippen molar-refractivity contribution in [1.82, 2.24) is 9.97 Å². The van der Waals surface area contributed by atoms with E-state index >= 15 is 0 Å². The van der Waals surface area contributed by atoms with Crippen LogP contribution >= 0.6 is 0 Å². The largest absolute Gasteiger partial charge is 0.351 e. The van der Waals surface area contributed by atoms with E-state index in [1.54, 1.807) is 0 Å². The zero-order valence-corrected chi connectivity index (χ0v) is 5.85. The zero-order chi connectivity index (χ0) is 8.48. The lowest BCUT2D eigenvalue weighted by Crippen LogP contribution is -1.98. The molecule has 0 aliphatic heterocycles. The zero-order valence-electron chi connectivity index (χ0n) is 5.03. The van der Waals surface area contributed by atoms with Crippen LogP contribution in [0.4, 0.5) is 8.28 Å². The van der Waals surface area contributed by atoms with Crippen molar-refractivity contribution in [1.29, 1.82) is 0 Å². The highest BCUT2D eigenvalue weighted by Crippen LogP contribution is 2.06. The molecule has 0 saturated carbocycles. The quantitative estimate of drug-likeness (QED) is 0.582. The average Bonchev–Trinajstić information content (AvgIpc) is 1.86. The number of halogens is 2. The lowest BCUT2D eigenvalue weighted by molar-refractivity contribution is 0.527. The molecule has 0 atom stereocenters. The lowest BCUT2D eigenvalue weighted by atomic mass is 10.7. The molecule has 1 aromatic rings. The molecule has 0 unspecified atom stereocenters. The van der Waals surface area contributed by atoms with Crippen LogP contribution < -0.4 is 0 Å². The molecule has 1 aromatic heterocycles. The van der Waals surface area contributed by atoms with Crippen LogP contribution in [0, 0.1) is 5.95 Å². The Bertz CT molecular complexity index is 364. The predicted octanol–water partition coefficient (Wildman–Crippen LogP) is 0.274. The van der Waals surface area contributed by atoms with Crippen molar-refractivity contribution >= 4 is 10.2 Å². The van der Waals surface area contributed by atoms with Crippen LogP contribution in [-0.4, -0.2) is 18.4 Å². The van der Waals surface area contributed by atoms with Crippen LogP contribution in [0.15, 0.2) is 17.4 Å². The molecule has 7 heteroatoms. The summed E-state index contributed by atoms with van der Waals surface area (Å²) in [7, 11) is -4.94. The highest BCUT2D eigenvalue weighted by molar-refractivity contribution is 7.86. The minimum atomic E-state index is -4.94. The van der Waals surface area contributed by atoms with Crippen LogP contribution in [0.1, 0.15) is 0 Å². The first-order valence-electron chi connectivity index (χ1n) is 2.42. The Morgan fingerprint density at radius 3 is 2.36 bits per heavy atom. The molecular formula is C4H2F2N2O2S. The Morgan fingerprint density at radius 2 is 2.00 bits per heavy atom. The van der Waals surface area contributed by atoms with Crippen LogP contribution in [0.5, 0.6) is 0 Å². The monoisotopic (exact) mass is 180 g/mol. The SMILES string of the molecule is O=S(=O)(F)c1cncc(F)n1. The summed E-state index contributed by atoms with van der Waals surface area (Å²) in [5.41, 5.74) is 0. The third-order valence-electron chi connectivity index (χ3n) is 0.833. The summed E-state index contributed by atoms with van der Waals surface area (Å²) in [6.45, 7) is 0. The fourth-order valence-corrected chi connectivity index (χ4v) is 0.826. The van der Waals surface area contributed by atoms with Gasteiger partial charge in [-0.25, -0.2) is 4.98 Å². The molecule has 0 spiro atoms. The number of nitrogens with zero attached hydrogens (tertiary/aromatic N) is 2. The summed E-state index contributed by atoms with van der Waals surface area (Å²) in [5, 5.41) is -1.02. The number of hydrogen-bond donors (Lipinski definition) is 0. The minimum absolute atomic E-state index is 0.623. The fourth-order valence-electron chi connectivity index (χ4n) is 0.443. The van der Waals surface area contributed by atoms with Crippen LogP contribution in [0.25, 0.3) is 0 Å². The maximum atomic E-state index is 12.1. The van der Waals surface area contributed by atoms with Crippen molar-refractivity contribution in [2.75, 3.05) is 0 Å². The number of rotatable bonds is 1. The summed E-state index contributed by atoms with van der Waals surface area (Å²) in [6.07, 6.45) is 1.30. The average molecular weight is 180 g/mol. The van der Waals surface area contributed by atoms with Crippen molar-refractivity contribution in [3.8, 4) is 0 Å². The molecule has 11 heavy (non-hydrogen) atoms. The smallest absolute Gasteiger partial charge is 0.257 e. The molecule has 0 saturated heterocycles. The van der Waals surface area contributed by atoms with Gasteiger partial charge in [0.15, 0.2) is 0 Å². The van der Waals surface area contributed by atoms with E-state index in [4.69, 9.17) is 0 Å². The van der Waals surface area contributed by atoms with Gasteiger partial charge in [0.1, 0.15) is 0 Å². The van der Waals surface area contributed by atoms with Crippen LogP contribution in [0.2, 0.25) is 0 Å². The fraction of sp³-hybridized carbons (Fsp3) is 0. The first kappa shape index (κ1) is 7.99. The van der Waals surface area contributed by atoms with Gasteiger partial charge in [0.25, 0.3) is 0 Å². The van der Waals surface area contributed by atoms with E-state index in [1.807, 2.05) is 0 Å². The van der Waals surface area contributed by atoms with E-state index < -0.39 is 21.2 Å². The van der Waals surface area contributed by atoms with Crippen LogP contribution in [-0.2, 0) is 10.2 Å². The number of aromatic nitrogens is 2. The first-order valence-corrected chi connectivity index (χ1v) is 3.81. The minimum Gasteiger partial charge on any atom is -0.257 e. The Morgan fingerprint density at radius 1 is 1.36 bits per heavy atom. The summed E-state index contributed by atoms with van der Waals surface area (Å²) >= 11 is 0. The second kappa shape index (κ2) is 2.50. The molecule has 0 aliphatic carbocycles. The van der Waals surface area contributed by atoms with Crippen molar-refractivity contribution in [2.24, 2.45) is 0 Å². The van der Waals surface area contributed by atoms with E-state index in [2.05, 4.69) is 9.97 Å². The van der Waals surface area contributed by atoms with Crippen molar-refractivity contribution in [3.05, 3.63) is 18.3 Å². The Labute approximate surface area is 61.1 Å². The highest BCUT2D eigenvalue weighted by Gasteiger charge is 2.14. The Balaban J connectivity index is 3.28. The van der Waals surface area contributed by atoms with Gasteiger partial charge in [0.2, 0.25) is 11.0 Å². The summed E-state index contributed by atoms with van der Waals surface area (Å²) in [4.78, 5) is 5.85. The lowest BCUT2D eigenvalue weighted by Gasteiger charge is -1.90. The third kappa shape index (κ3) is 1.90. The molecule has 60 valence electrons. The topological polar surface area (TPSA) is 59.9 Å². The van der Waals surface area contributed by atoms with Gasteiger partial charge in [-0.1, -0.05) is 3.89 Å². The molecule has 0 bridgehead atoms. The molecule has 0 aromatic carbocycles. The third-order valence-corrected chi connectivity index (χ3v) is 1.53. The molecule has 0 N–H and O–H groups in total. The van der Waals surface area contributed by atoms with Gasteiger partial charge in [-0.05, 0) is 0 Å². The van der Waals surface area contributed by atoms with Crippen molar-refractivity contribution in [3.63, 3.8) is 0 Å². The Hall–Kier alpha value is -1.11. The second-order valence-electron chi connectivity index (χ2n) is 1.62. The van der Waals surface area contributed by atoms with Crippen molar-refractivity contribution in [2.45, 2.75) is 5.03 Å². The summed E-state index contributed by atoms with van der Waals surface area (Å²) in [5.74, 6) is -1.14. The van der Waals surface area contributed by atoms with E-state index in [-0.39, 0.29) is 0 Å². The summed E-state index contributed by atoms with van der Waals surface area (Å²) < 4.78 is 44.2. The van der Waals surface area contributed by atoms with Gasteiger partial charge in [0.05, 0.1) is 12.4 Å². The molecule has 0 aliphatic rings. The van der Waals surface area contributed by atoms with E-state index in [0.717, 1.165) is 0 Å². The molecule has 1 rings (SSSR count). The van der Waals surface area contributed by atoms with Gasteiger partial charge in [-0.3, -0.25) is 4.98 Å². The predicted molar refractivity (Wildman–Crippen MR) is 30.3 cm³/mol. The normalized spacial score (nSPS) is 11.5. The molecular weight excluding hydrogens is 178 g/mol. The van der Waals surface area contributed by atoms with E-state index in [9.17, 15) is 16.7 Å². The van der Waals surface area contributed by atoms with Crippen LogP contribution in [0.3, 0.4) is 0 Å². The van der Waals surface area contributed by atoms with Gasteiger partial charge in [0, 0.05) is 0 Å². The van der Waals surface area contributed by atoms with E-state index in [0.29, 0.717) is 12.4 Å². The molecule has 0 fully saturated rings. The molecule has 0 amide bonds. The molecule has 4 nitrogen and oxygen atoms in total. The van der Waals surface area contributed by atoms with Gasteiger partial charge < -0.3 is 0 Å². The van der Waals surface area contributed by atoms with Gasteiger partial charge in [-0.15, -0.1) is 0 Å². The second-order valence-corrected chi connectivity index (χ2v) is 2.91. The molecule has 0 radical (unpaired) electrons. The van der Waals surface area contributed by atoms with Crippen molar-refractivity contribution < 1.29 is 16.7 Å². The molecule has 1 heterocycles. The van der Waals surface area contributed by atoms with Gasteiger partial charge in [-0.2, -0.15) is 12.8 Å².